The molecular formula is C14H14BrFN2O2S. The summed E-state index contributed by atoms with van der Waals surface area (Å²) in [7, 11) is -3.91. The Kier molecular flexibility index (Phi) is 4.25. The second-order valence-electron chi connectivity index (χ2n) is 4.73. The zero-order valence-electron chi connectivity index (χ0n) is 11.4. The van der Waals surface area contributed by atoms with Gasteiger partial charge < -0.3 is 5.73 Å². The lowest BCUT2D eigenvalue weighted by atomic mass is 10.2. The van der Waals surface area contributed by atoms with Crippen LogP contribution in [0.2, 0.25) is 0 Å². The van der Waals surface area contributed by atoms with Crippen molar-refractivity contribution in [3.05, 3.63) is 51.7 Å². The fourth-order valence-corrected chi connectivity index (χ4v) is 3.65. The predicted molar refractivity (Wildman–Crippen MR) is 85.2 cm³/mol. The van der Waals surface area contributed by atoms with E-state index in [-0.39, 0.29) is 10.6 Å². The average molecular weight is 373 g/mol. The molecule has 112 valence electrons. The van der Waals surface area contributed by atoms with Gasteiger partial charge in [0.1, 0.15) is 5.82 Å². The molecule has 2 aromatic rings. The van der Waals surface area contributed by atoms with Gasteiger partial charge in [0.25, 0.3) is 10.0 Å². The first-order valence-corrected chi connectivity index (χ1v) is 8.33. The maximum Gasteiger partial charge on any atom is 0.262 e. The standard InChI is InChI=1S/C14H14BrFN2O2S/c1-8-3-4-13(11(16)5-8)18-21(19,20)14-7-12(17)10(15)6-9(14)2/h3-7,18H,17H2,1-2H3. The van der Waals surface area contributed by atoms with Crippen molar-refractivity contribution >= 4 is 37.3 Å². The molecular weight excluding hydrogens is 359 g/mol. The maximum atomic E-state index is 13.8. The number of halogens is 2. The van der Waals surface area contributed by atoms with Crippen LogP contribution in [0.5, 0.6) is 0 Å². The Labute approximate surface area is 131 Å². The first-order chi connectivity index (χ1) is 9.70. The van der Waals surface area contributed by atoms with E-state index < -0.39 is 15.8 Å². The molecule has 0 spiro atoms. The first kappa shape index (κ1) is 15.8. The molecule has 2 aromatic carbocycles. The highest BCUT2D eigenvalue weighted by Crippen LogP contribution is 2.28. The van der Waals surface area contributed by atoms with Gasteiger partial charge in [-0.3, -0.25) is 4.72 Å². The number of nitrogen functional groups attached to an aromatic ring is 1. The summed E-state index contributed by atoms with van der Waals surface area (Å²) in [6, 6.07) is 7.23. The average Bonchev–Trinajstić information content (AvgIpc) is 2.37. The Morgan fingerprint density at radius 1 is 1.19 bits per heavy atom. The van der Waals surface area contributed by atoms with Crippen LogP contribution in [-0.4, -0.2) is 8.42 Å². The molecule has 0 aliphatic rings. The molecule has 2 rings (SSSR count). The van der Waals surface area contributed by atoms with Gasteiger partial charge in [-0.2, -0.15) is 0 Å². The Morgan fingerprint density at radius 2 is 1.86 bits per heavy atom. The van der Waals surface area contributed by atoms with Gasteiger partial charge >= 0.3 is 0 Å². The number of sulfonamides is 1. The summed E-state index contributed by atoms with van der Waals surface area (Å²) in [6.07, 6.45) is 0. The minimum atomic E-state index is -3.91. The molecule has 0 atom stereocenters. The van der Waals surface area contributed by atoms with E-state index in [0.717, 1.165) is 0 Å². The quantitative estimate of drug-likeness (QED) is 0.808. The molecule has 0 fully saturated rings. The van der Waals surface area contributed by atoms with Crippen molar-refractivity contribution < 1.29 is 12.8 Å². The fraction of sp³-hybridized carbons (Fsp3) is 0.143. The predicted octanol–water partition coefficient (Wildman–Crippen LogP) is 3.59. The number of aryl methyl sites for hydroxylation is 2. The van der Waals surface area contributed by atoms with Crippen LogP contribution in [0.4, 0.5) is 15.8 Å². The van der Waals surface area contributed by atoms with Crippen molar-refractivity contribution in [2.75, 3.05) is 10.5 Å². The molecule has 21 heavy (non-hydrogen) atoms. The Morgan fingerprint density at radius 3 is 2.48 bits per heavy atom. The summed E-state index contributed by atoms with van der Waals surface area (Å²) < 4.78 is 41.4. The molecule has 0 heterocycles. The van der Waals surface area contributed by atoms with Crippen LogP contribution in [0.3, 0.4) is 0 Å². The summed E-state index contributed by atoms with van der Waals surface area (Å²) in [5.74, 6) is -0.624. The highest BCUT2D eigenvalue weighted by Gasteiger charge is 2.20. The van der Waals surface area contributed by atoms with Crippen molar-refractivity contribution in [2.24, 2.45) is 0 Å². The number of rotatable bonds is 3. The summed E-state index contributed by atoms with van der Waals surface area (Å²) >= 11 is 3.23. The first-order valence-electron chi connectivity index (χ1n) is 6.05. The Bertz CT molecular complexity index is 807. The van der Waals surface area contributed by atoms with Crippen LogP contribution in [0, 0.1) is 19.7 Å². The largest absolute Gasteiger partial charge is 0.398 e. The summed E-state index contributed by atoms with van der Waals surface area (Å²) in [4.78, 5) is 0.0168. The van der Waals surface area contributed by atoms with E-state index in [4.69, 9.17) is 5.73 Å². The molecule has 0 unspecified atom stereocenters. The topological polar surface area (TPSA) is 72.2 Å². The van der Waals surface area contributed by atoms with Crippen molar-refractivity contribution in [2.45, 2.75) is 18.7 Å². The third-order valence-corrected chi connectivity index (χ3v) is 5.15. The van der Waals surface area contributed by atoms with E-state index in [9.17, 15) is 12.8 Å². The minimum absolute atomic E-state index is 0.0168. The molecule has 0 amide bonds. The van der Waals surface area contributed by atoms with Gasteiger partial charge in [0.2, 0.25) is 0 Å². The van der Waals surface area contributed by atoms with Gasteiger partial charge in [-0.1, -0.05) is 6.07 Å². The normalized spacial score (nSPS) is 11.4. The monoisotopic (exact) mass is 372 g/mol. The minimum Gasteiger partial charge on any atom is -0.398 e. The third-order valence-electron chi connectivity index (χ3n) is 2.95. The number of nitrogens with one attached hydrogen (secondary N) is 1. The Hall–Kier alpha value is -1.60. The van der Waals surface area contributed by atoms with Crippen molar-refractivity contribution in [1.29, 1.82) is 0 Å². The smallest absolute Gasteiger partial charge is 0.262 e. The number of anilines is 2. The van der Waals surface area contributed by atoms with E-state index in [1.165, 1.54) is 18.2 Å². The molecule has 3 N–H and O–H groups in total. The van der Waals surface area contributed by atoms with Crippen LogP contribution < -0.4 is 10.5 Å². The summed E-state index contributed by atoms with van der Waals surface area (Å²) in [5.41, 5.74) is 7.14. The summed E-state index contributed by atoms with van der Waals surface area (Å²) in [5, 5.41) is 0. The zero-order valence-corrected chi connectivity index (χ0v) is 13.8. The fourth-order valence-electron chi connectivity index (χ4n) is 1.86. The molecule has 0 saturated carbocycles. The van der Waals surface area contributed by atoms with Crippen LogP contribution >= 0.6 is 15.9 Å². The molecule has 0 aromatic heterocycles. The third kappa shape index (κ3) is 3.36. The van der Waals surface area contributed by atoms with Gasteiger partial charge in [-0.25, -0.2) is 12.8 Å². The van der Waals surface area contributed by atoms with Crippen LogP contribution in [-0.2, 0) is 10.0 Å². The van der Waals surface area contributed by atoms with Gasteiger partial charge in [-0.15, -0.1) is 0 Å². The molecule has 0 saturated heterocycles. The van der Waals surface area contributed by atoms with Crippen LogP contribution in [0.25, 0.3) is 0 Å². The number of hydrogen-bond donors (Lipinski definition) is 2. The van der Waals surface area contributed by atoms with Gasteiger partial charge in [0, 0.05) is 10.2 Å². The second kappa shape index (κ2) is 5.65. The van der Waals surface area contributed by atoms with E-state index >= 15 is 0 Å². The second-order valence-corrected chi connectivity index (χ2v) is 7.23. The lowest BCUT2D eigenvalue weighted by molar-refractivity contribution is 0.598. The van der Waals surface area contributed by atoms with Gasteiger partial charge in [-0.05, 0) is 65.2 Å². The molecule has 0 aliphatic heterocycles. The zero-order chi connectivity index (χ0) is 15.8. The van der Waals surface area contributed by atoms with Crippen molar-refractivity contribution in [3.63, 3.8) is 0 Å². The molecule has 4 nitrogen and oxygen atoms in total. The van der Waals surface area contributed by atoms with E-state index in [1.54, 1.807) is 26.0 Å². The highest BCUT2D eigenvalue weighted by atomic mass is 79.9. The maximum absolute atomic E-state index is 13.8. The SMILES string of the molecule is Cc1ccc(NS(=O)(=O)c2cc(N)c(Br)cc2C)c(F)c1. The molecule has 0 bridgehead atoms. The lowest BCUT2D eigenvalue weighted by Gasteiger charge is -2.12. The molecule has 0 radical (unpaired) electrons. The highest BCUT2D eigenvalue weighted by molar-refractivity contribution is 9.10. The lowest BCUT2D eigenvalue weighted by Crippen LogP contribution is -2.15. The number of benzene rings is 2. The van der Waals surface area contributed by atoms with Gasteiger partial charge in [0.15, 0.2) is 0 Å². The van der Waals surface area contributed by atoms with E-state index in [0.29, 0.717) is 21.3 Å². The molecule has 0 aliphatic carbocycles. The Balaban J connectivity index is 2.46. The van der Waals surface area contributed by atoms with Gasteiger partial charge in [0.05, 0.1) is 10.6 Å². The van der Waals surface area contributed by atoms with Crippen molar-refractivity contribution in [3.8, 4) is 0 Å². The van der Waals surface area contributed by atoms with E-state index in [1.807, 2.05) is 0 Å². The van der Waals surface area contributed by atoms with E-state index in [2.05, 4.69) is 20.7 Å². The molecule has 7 heteroatoms. The summed E-state index contributed by atoms with van der Waals surface area (Å²) in [6.45, 7) is 3.37. The number of nitrogens with two attached hydrogens (primary N) is 1. The van der Waals surface area contributed by atoms with Crippen LogP contribution in [0.15, 0.2) is 39.7 Å². The number of hydrogen-bond acceptors (Lipinski definition) is 3. The van der Waals surface area contributed by atoms with Crippen LogP contribution in [0.1, 0.15) is 11.1 Å². The van der Waals surface area contributed by atoms with Crippen molar-refractivity contribution in [1.82, 2.24) is 0 Å².